The molecule has 1 unspecified atom stereocenters. The van der Waals surface area contributed by atoms with E-state index in [-0.39, 0.29) is 23.4 Å². The quantitative estimate of drug-likeness (QED) is 0.583. The van der Waals surface area contributed by atoms with Crippen molar-refractivity contribution in [2.45, 2.75) is 32.7 Å². The number of nitrogens with one attached hydrogen (secondary N) is 2. The number of rotatable bonds is 7. The molecule has 1 saturated heterocycles. The van der Waals surface area contributed by atoms with E-state index in [9.17, 15) is 10.1 Å². The first-order valence-corrected chi connectivity index (χ1v) is 7.34. The lowest BCUT2D eigenvalue weighted by atomic mass is 10.3. The zero-order chi connectivity index (χ0) is 15.2. The molecule has 1 atom stereocenters. The Morgan fingerprint density at radius 1 is 1.38 bits per heavy atom. The van der Waals surface area contributed by atoms with Crippen LogP contribution in [0.5, 0.6) is 0 Å². The minimum atomic E-state index is -0.442. The Bertz CT molecular complexity index is 490. The van der Waals surface area contributed by atoms with E-state index in [0.29, 0.717) is 6.54 Å². The van der Waals surface area contributed by atoms with Crippen LogP contribution in [-0.2, 0) is 0 Å². The first-order valence-electron chi connectivity index (χ1n) is 7.34. The lowest BCUT2D eigenvalue weighted by Crippen LogP contribution is -2.33. The summed E-state index contributed by atoms with van der Waals surface area (Å²) in [6.07, 6.45) is 3.80. The fraction of sp³-hybridized carbons (Fsp3) is 0.692. The summed E-state index contributed by atoms with van der Waals surface area (Å²) in [4.78, 5) is 21.2. The van der Waals surface area contributed by atoms with E-state index in [1.807, 2.05) is 13.8 Å². The largest absolute Gasteiger partial charge is 0.364 e. The van der Waals surface area contributed by atoms with Crippen LogP contribution in [0.3, 0.4) is 0 Å². The smallest absolute Gasteiger partial charge is 0.353 e. The van der Waals surface area contributed by atoms with Crippen LogP contribution in [0.25, 0.3) is 0 Å². The van der Waals surface area contributed by atoms with E-state index in [1.165, 1.54) is 19.2 Å². The molecule has 0 amide bonds. The summed E-state index contributed by atoms with van der Waals surface area (Å²) in [5.74, 6) is 0.533. The third-order valence-electron chi connectivity index (χ3n) is 3.46. The molecular formula is C13H22N6O2. The molecule has 2 rings (SSSR count). The minimum absolute atomic E-state index is 0.0891. The number of anilines is 2. The number of nitrogens with zero attached hydrogens (tertiary/aromatic N) is 4. The van der Waals surface area contributed by atoms with Gasteiger partial charge in [-0.3, -0.25) is 10.1 Å². The van der Waals surface area contributed by atoms with Crippen LogP contribution in [0.15, 0.2) is 6.33 Å². The SMILES string of the molecule is CCNc1ncnc(NC(C)CN2CCCC2)c1[N+](=O)[O-]. The van der Waals surface area contributed by atoms with Crippen molar-refractivity contribution in [3.05, 3.63) is 16.4 Å². The average Bonchev–Trinajstić information content (AvgIpc) is 2.91. The summed E-state index contributed by atoms with van der Waals surface area (Å²) in [5.41, 5.74) is -0.0902. The molecule has 1 fully saturated rings. The van der Waals surface area contributed by atoms with Gasteiger partial charge in [-0.2, -0.15) is 0 Å². The van der Waals surface area contributed by atoms with Gasteiger partial charge in [-0.15, -0.1) is 0 Å². The predicted molar refractivity (Wildman–Crippen MR) is 81.6 cm³/mol. The van der Waals surface area contributed by atoms with Gasteiger partial charge in [-0.1, -0.05) is 0 Å². The van der Waals surface area contributed by atoms with Crippen molar-refractivity contribution >= 4 is 17.3 Å². The molecule has 21 heavy (non-hydrogen) atoms. The standard InChI is InChI=1S/C13H22N6O2/c1-3-14-12-11(19(20)21)13(16-9-15-12)17-10(2)8-18-6-4-5-7-18/h9-10H,3-8H2,1-2H3,(H2,14,15,16,17). The van der Waals surface area contributed by atoms with Crippen LogP contribution in [-0.4, -0.2) is 52.0 Å². The molecule has 8 nitrogen and oxygen atoms in total. The van der Waals surface area contributed by atoms with E-state index in [1.54, 1.807) is 0 Å². The number of hydrogen-bond acceptors (Lipinski definition) is 7. The van der Waals surface area contributed by atoms with E-state index in [0.717, 1.165) is 19.6 Å². The summed E-state index contributed by atoms with van der Waals surface area (Å²) in [6.45, 7) is 7.51. The van der Waals surface area contributed by atoms with Crippen molar-refractivity contribution in [3.63, 3.8) is 0 Å². The van der Waals surface area contributed by atoms with Gasteiger partial charge in [0.25, 0.3) is 0 Å². The Hall–Kier alpha value is -1.96. The highest BCUT2D eigenvalue weighted by atomic mass is 16.6. The predicted octanol–water partition coefficient (Wildman–Crippen LogP) is 1.71. The summed E-state index contributed by atoms with van der Waals surface area (Å²) in [7, 11) is 0. The molecule has 1 aliphatic heterocycles. The van der Waals surface area contributed by atoms with Crippen molar-refractivity contribution in [2.24, 2.45) is 0 Å². The number of nitro groups is 1. The topological polar surface area (TPSA) is 96.2 Å². The van der Waals surface area contributed by atoms with Gasteiger partial charge in [0.05, 0.1) is 4.92 Å². The van der Waals surface area contributed by atoms with Gasteiger partial charge >= 0.3 is 5.69 Å². The van der Waals surface area contributed by atoms with Crippen LogP contribution < -0.4 is 10.6 Å². The van der Waals surface area contributed by atoms with Crippen molar-refractivity contribution in [2.75, 3.05) is 36.8 Å². The third kappa shape index (κ3) is 4.01. The van der Waals surface area contributed by atoms with Crippen molar-refractivity contribution in [3.8, 4) is 0 Å². The molecule has 0 aromatic carbocycles. The van der Waals surface area contributed by atoms with Crippen LogP contribution >= 0.6 is 0 Å². The van der Waals surface area contributed by atoms with Crippen LogP contribution in [0.2, 0.25) is 0 Å². The molecule has 1 aliphatic rings. The molecule has 116 valence electrons. The van der Waals surface area contributed by atoms with Crippen molar-refractivity contribution in [1.82, 2.24) is 14.9 Å². The Morgan fingerprint density at radius 2 is 2.05 bits per heavy atom. The van der Waals surface area contributed by atoms with Gasteiger partial charge in [0.15, 0.2) is 0 Å². The fourth-order valence-corrected chi connectivity index (χ4v) is 2.59. The van der Waals surface area contributed by atoms with Crippen LogP contribution in [0.4, 0.5) is 17.3 Å². The van der Waals surface area contributed by atoms with Crippen LogP contribution in [0, 0.1) is 10.1 Å². The Balaban J connectivity index is 2.10. The number of aromatic nitrogens is 2. The summed E-state index contributed by atoms with van der Waals surface area (Å²) < 4.78 is 0. The molecule has 0 bridgehead atoms. The zero-order valence-corrected chi connectivity index (χ0v) is 12.5. The summed E-state index contributed by atoms with van der Waals surface area (Å²) >= 11 is 0. The Labute approximate surface area is 124 Å². The first-order chi connectivity index (χ1) is 10.1. The molecule has 8 heteroatoms. The third-order valence-corrected chi connectivity index (χ3v) is 3.46. The van der Waals surface area contributed by atoms with E-state index >= 15 is 0 Å². The summed E-state index contributed by atoms with van der Waals surface area (Å²) in [6, 6.07) is 0.0891. The molecule has 0 saturated carbocycles. The highest BCUT2D eigenvalue weighted by Gasteiger charge is 2.24. The second-order valence-corrected chi connectivity index (χ2v) is 5.26. The van der Waals surface area contributed by atoms with Gasteiger partial charge in [-0.25, -0.2) is 9.97 Å². The average molecular weight is 294 g/mol. The molecule has 0 aliphatic carbocycles. The second-order valence-electron chi connectivity index (χ2n) is 5.26. The van der Waals surface area contributed by atoms with Gasteiger partial charge in [0, 0.05) is 19.1 Å². The van der Waals surface area contributed by atoms with Crippen LogP contribution in [0.1, 0.15) is 26.7 Å². The summed E-state index contributed by atoms with van der Waals surface area (Å²) in [5, 5.41) is 17.3. The minimum Gasteiger partial charge on any atom is -0.364 e. The lowest BCUT2D eigenvalue weighted by molar-refractivity contribution is -0.383. The Morgan fingerprint density at radius 3 is 2.67 bits per heavy atom. The zero-order valence-electron chi connectivity index (χ0n) is 12.5. The maximum Gasteiger partial charge on any atom is 0.353 e. The monoisotopic (exact) mass is 294 g/mol. The number of hydrogen-bond donors (Lipinski definition) is 2. The van der Waals surface area contributed by atoms with Crippen molar-refractivity contribution < 1.29 is 4.92 Å². The highest BCUT2D eigenvalue weighted by Crippen LogP contribution is 2.29. The molecule has 1 aromatic heterocycles. The van der Waals surface area contributed by atoms with E-state index in [4.69, 9.17) is 0 Å². The fourth-order valence-electron chi connectivity index (χ4n) is 2.59. The van der Waals surface area contributed by atoms with Crippen molar-refractivity contribution in [1.29, 1.82) is 0 Å². The molecule has 0 radical (unpaired) electrons. The maximum atomic E-state index is 11.3. The number of likely N-dealkylation sites (tertiary alicyclic amines) is 1. The molecule has 1 aromatic rings. The van der Waals surface area contributed by atoms with Gasteiger partial charge < -0.3 is 15.5 Å². The van der Waals surface area contributed by atoms with E-state index in [2.05, 4.69) is 25.5 Å². The Kier molecular flexibility index (Phi) is 5.26. The maximum absolute atomic E-state index is 11.3. The van der Waals surface area contributed by atoms with E-state index < -0.39 is 4.92 Å². The molecular weight excluding hydrogens is 272 g/mol. The van der Waals surface area contributed by atoms with Gasteiger partial charge in [0.2, 0.25) is 11.6 Å². The van der Waals surface area contributed by atoms with Gasteiger partial charge in [0.1, 0.15) is 6.33 Å². The van der Waals surface area contributed by atoms with Gasteiger partial charge in [-0.05, 0) is 39.8 Å². The lowest BCUT2D eigenvalue weighted by Gasteiger charge is -2.21. The normalized spacial score (nSPS) is 16.7. The first kappa shape index (κ1) is 15.4. The molecule has 2 heterocycles. The molecule has 2 N–H and O–H groups in total. The molecule has 0 spiro atoms. The highest BCUT2D eigenvalue weighted by molar-refractivity contribution is 5.69. The second kappa shape index (κ2) is 7.16.